The summed E-state index contributed by atoms with van der Waals surface area (Å²) in [6, 6.07) is 29.6. The summed E-state index contributed by atoms with van der Waals surface area (Å²) in [7, 11) is -4.31. The maximum Gasteiger partial charge on any atom is 0.412 e. The zero-order valence-electron chi connectivity index (χ0n) is 38.9. The average molecular weight is 949 g/mol. The van der Waals surface area contributed by atoms with E-state index in [9.17, 15) is 19.8 Å². The highest BCUT2D eigenvalue weighted by molar-refractivity contribution is 7.89. The van der Waals surface area contributed by atoms with Crippen LogP contribution in [-0.4, -0.2) is 78.8 Å². The number of allylic oxidation sites excluding steroid dienone is 1. The first-order valence-corrected chi connectivity index (χ1v) is 25.1. The average Bonchev–Trinajstić information content (AvgIpc) is 3.34. The Kier molecular flexibility index (Phi) is 17.3. The van der Waals surface area contributed by atoms with Crippen molar-refractivity contribution in [1.29, 1.82) is 0 Å². The van der Waals surface area contributed by atoms with Crippen LogP contribution in [0.25, 0.3) is 0 Å². The van der Waals surface area contributed by atoms with Crippen molar-refractivity contribution in [2.24, 2.45) is 22.9 Å². The summed E-state index contributed by atoms with van der Waals surface area (Å²) in [6.45, 7) is 7.92. The molecule has 0 radical (unpaired) electrons. The molecule has 3 aliphatic rings. The molecule has 6 atom stereocenters. The molecule has 362 valence electrons. The monoisotopic (exact) mass is 948 g/mol. The van der Waals surface area contributed by atoms with Crippen molar-refractivity contribution >= 4 is 33.4 Å². The first-order chi connectivity index (χ1) is 33.0. The molecule has 2 amide bonds. The lowest BCUT2D eigenvalue weighted by atomic mass is 9.55. The molecule has 0 bridgehead atoms. The highest BCUT2D eigenvalue weighted by Gasteiger charge is 2.66. The van der Waals surface area contributed by atoms with E-state index in [2.05, 4.69) is 23.3 Å². The number of oxime groups is 1. The highest BCUT2D eigenvalue weighted by atomic mass is 32.2. The molecule has 4 aromatic rings. The van der Waals surface area contributed by atoms with Gasteiger partial charge in [-0.15, -0.1) is 6.58 Å². The molecule has 68 heavy (non-hydrogen) atoms. The van der Waals surface area contributed by atoms with E-state index in [0.29, 0.717) is 55.0 Å². The van der Waals surface area contributed by atoms with Gasteiger partial charge in [0, 0.05) is 56.8 Å². The van der Waals surface area contributed by atoms with Crippen LogP contribution < -0.4 is 20.1 Å². The standard InChI is InChI=1S/C53H64N4O10S/c1-4-28-57(68(62,63)43-25-22-41(23-26-43)55-37(3)60)49-34-47(56-65-36-39-18-10-7-11-19-39)45-32-40(20-12-14-29-58)44(21-13-15-30-59)50-46-33-42(66-52(61)54-35-38-16-8-6-9-17-38)24-27-48(46)67-53(49,51(45)50)64-31-5-2/h5-11,16-19,22-27,32-33,40,44,49-51,58-59H,2,4,12-15,20-21,28-31,34-36H2,1,3H3,(H,54,61)(H,55,60)/t40-,44+,49-,50+,51+,53+/m0/s1. The maximum absolute atomic E-state index is 15.3. The second kappa shape index (κ2) is 23.4. The number of unbranched alkanes of at least 4 members (excludes halogenated alkanes) is 2. The largest absolute Gasteiger partial charge is 0.460 e. The fourth-order valence-corrected chi connectivity index (χ4v) is 11.8. The third kappa shape index (κ3) is 11.5. The Morgan fingerprint density at radius 2 is 1.62 bits per heavy atom. The van der Waals surface area contributed by atoms with Crippen molar-refractivity contribution in [2.45, 2.75) is 101 Å². The Labute approximate surface area is 400 Å². The van der Waals surface area contributed by atoms with Gasteiger partial charge in [0.25, 0.3) is 0 Å². The molecular weight excluding hydrogens is 885 g/mol. The van der Waals surface area contributed by atoms with Crippen LogP contribution in [0, 0.1) is 17.8 Å². The number of hydrogen-bond donors (Lipinski definition) is 4. The molecule has 0 aromatic heterocycles. The van der Waals surface area contributed by atoms with Crippen LogP contribution in [0.2, 0.25) is 0 Å². The molecule has 1 heterocycles. The van der Waals surface area contributed by atoms with Crippen molar-refractivity contribution in [3.05, 3.63) is 144 Å². The lowest BCUT2D eigenvalue weighted by Gasteiger charge is -2.59. The summed E-state index contributed by atoms with van der Waals surface area (Å²) < 4.78 is 52.4. The topological polar surface area (TPSA) is 185 Å². The number of anilines is 1. The lowest BCUT2D eigenvalue weighted by Crippen LogP contribution is -2.70. The molecule has 0 saturated heterocycles. The molecule has 15 heteroatoms. The van der Waals surface area contributed by atoms with Gasteiger partial charge in [-0.25, -0.2) is 13.2 Å². The number of amides is 2. The molecule has 2 aliphatic carbocycles. The first-order valence-electron chi connectivity index (χ1n) is 23.7. The van der Waals surface area contributed by atoms with Crippen LogP contribution in [0.15, 0.2) is 137 Å². The van der Waals surface area contributed by atoms with E-state index in [1.807, 2.05) is 73.7 Å². The van der Waals surface area contributed by atoms with Crippen molar-refractivity contribution in [3.8, 4) is 11.5 Å². The molecule has 0 spiro atoms. The van der Waals surface area contributed by atoms with Gasteiger partial charge in [0.2, 0.25) is 21.7 Å². The van der Waals surface area contributed by atoms with Crippen LogP contribution in [0.4, 0.5) is 10.5 Å². The van der Waals surface area contributed by atoms with Gasteiger partial charge in [-0.3, -0.25) is 4.79 Å². The molecular formula is C53H64N4O10S. The first kappa shape index (κ1) is 50.0. The van der Waals surface area contributed by atoms with E-state index < -0.39 is 39.8 Å². The second-order valence-electron chi connectivity index (χ2n) is 17.6. The number of rotatable bonds is 23. The van der Waals surface area contributed by atoms with Crippen molar-refractivity contribution in [1.82, 2.24) is 9.62 Å². The van der Waals surface area contributed by atoms with Gasteiger partial charge in [0.05, 0.1) is 29.2 Å². The fourth-order valence-electron chi connectivity index (χ4n) is 10.1. The van der Waals surface area contributed by atoms with Gasteiger partial charge in [0.15, 0.2) is 0 Å². The zero-order valence-corrected chi connectivity index (χ0v) is 39.7. The highest BCUT2D eigenvalue weighted by Crippen LogP contribution is 2.62. The van der Waals surface area contributed by atoms with Gasteiger partial charge in [-0.1, -0.05) is 97.7 Å². The third-order valence-corrected chi connectivity index (χ3v) is 14.9. The minimum Gasteiger partial charge on any atom is -0.460 e. The normalized spacial score (nSPS) is 22.3. The number of sulfonamides is 1. The molecule has 1 saturated carbocycles. The van der Waals surface area contributed by atoms with Crippen LogP contribution >= 0.6 is 0 Å². The SMILES string of the molecule is C=CCO[C@@]12Oc3ccc(OC(=O)NCc4ccccc4)cc3[C@H]3[C@H](CCCCO)[C@@H](CCCCO)C=C(C(=NOCc4ccccc4)C[C@@H]1N(CCC)S(=O)(=O)c1ccc(NC(C)=O)cc1)[C@H]32. The number of benzene rings is 4. The predicted octanol–water partition coefficient (Wildman–Crippen LogP) is 8.87. The van der Waals surface area contributed by atoms with Crippen LogP contribution in [-0.2, 0) is 37.5 Å². The number of nitrogens with one attached hydrogen (secondary N) is 2. The zero-order chi connectivity index (χ0) is 48.1. The summed E-state index contributed by atoms with van der Waals surface area (Å²) in [5.74, 6) is -2.44. The van der Waals surface area contributed by atoms with Gasteiger partial charge in [-0.2, -0.15) is 4.31 Å². The number of fused-ring (bicyclic) bond motifs is 2. The van der Waals surface area contributed by atoms with Gasteiger partial charge >= 0.3 is 6.09 Å². The summed E-state index contributed by atoms with van der Waals surface area (Å²) in [4.78, 5) is 31.5. The number of nitrogens with zero attached hydrogens (tertiary/aromatic N) is 2. The minimum absolute atomic E-state index is 0.0165. The van der Waals surface area contributed by atoms with Gasteiger partial charge in [-0.05, 0) is 103 Å². The lowest BCUT2D eigenvalue weighted by molar-refractivity contribution is -0.251. The Bertz CT molecular complexity index is 2500. The number of aliphatic hydroxyl groups excluding tert-OH is 2. The van der Waals surface area contributed by atoms with Crippen molar-refractivity contribution < 1.29 is 47.3 Å². The summed E-state index contributed by atoms with van der Waals surface area (Å²) in [6.07, 6.45) is 7.79. The van der Waals surface area contributed by atoms with E-state index in [-0.39, 0.29) is 68.6 Å². The third-order valence-electron chi connectivity index (χ3n) is 13.0. The maximum atomic E-state index is 15.3. The number of hydrogen-bond acceptors (Lipinski definition) is 11. The molecule has 0 unspecified atom stereocenters. The van der Waals surface area contributed by atoms with E-state index in [1.54, 1.807) is 30.3 Å². The number of aliphatic hydroxyl groups is 2. The molecule has 1 aliphatic heterocycles. The Morgan fingerprint density at radius 3 is 2.28 bits per heavy atom. The summed E-state index contributed by atoms with van der Waals surface area (Å²) in [5.41, 5.74) is 4.39. The smallest absolute Gasteiger partial charge is 0.412 e. The van der Waals surface area contributed by atoms with Crippen molar-refractivity contribution in [3.63, 3.8) is 0 Å². The van der Waals surface area contributed by atoms with E-state index in [1.165, 1.54) is 23.4 Å². The van der Waals surface area contributed by atoms with E-state index in [0.717, 1.165) is 35.1 Å². The molecule has 1 fully saturated rings. The minimum atomic E-state index is -4.31. The van der Waals surface area contributed by atoms with Crippen LogP contribution in [0.3, 0.4) is 0 Å². The van der Waals surface area contributed by atoms with Gasteiger partial charge in [0.1, 0.15) is 18.1 Å². The molecule has 7 rings (SSSR count). The Hall–Kier alpha value is -5.84. The summed E-state index contributed by atoms with van der Waals surface area (Å²) in [5, 5.41) is 30.4. The quantitative estimate of drug-likeness (QED) is 0.0318. The molecule has 4 N–H and O–H groups in total. The Morgan fingerprint density at radius 1 is 0.926 bits per heavy atom. The second-order valence-corrected chi connectivity index (χ2v) is 19.5. The predicted molar refractivity (Wildman–Crippen MR) is 260 cm³/mol. The number of carbonyl (C=O) groups is 2. The molecule has 4 aromatic carbocycles. The fraction of sp³-hybridized carbons (Fsp3) is 0.415. The van der Waals surface area contributed by atoms with Crippen molar-refractivity contribution in [2.75, 3.05) is 31.7 Å². The Balaban J connectivity index is 1.42. The van der Waals surface area contributed by atoms with Crippen LogP contribution in [0.1, 0.15) is 87.8 Å². The molecule has 14 nitrogen and oxygen atoms in total. The number of ether oxygens (including phenoxy) is 3. The number of carbonyl (C=O) groups excluding carboxylic acids is 2. The summed E-state index contributed by atoms with van der Waals surface area (Å²) >= 11 is 0. The van der Waals surface area contributed by atoms with Gasteiger partial charge < -0.3 is 39.9 Å². The van der Waals surface area contributed by atoms with E-state index >= 15 is 8.42 Å². The van der Waals surface area contributed by atoms with E-state index in [4.69, 9.17) is 24.2 Å². The van der Waals surface area contributed by atoms with Crippen LogP contribution in [0.5, 0.6) is 11.5 Å².